The Morgan fingerprint density at radius 3 is 1.83 bits per heavy atom. The molecular weight excluding hydrogens is 220 g/mol. The van der Waals surface area contributed by atoms with Crippen LogP contribution in [-0.4, -0.2) is 0 Å². The predicted octanol–water partition coefficient (Wildman–Crippen LogP) is 3.84. The summed E-state index contributed by atoms with van der Waals surface area (Å²) in [6.07, 6.45) is 0.449. The third-order valence-corrected chi connectivity index (χ3v) is 2.79. The number of nitriles is 1. The van der Waals surface area contributed by atoms with Crippen LogP contribution in [-0.2, 0) is 13.0 Å². The molecule has 2 rings (SSSR count). The Bertz CT molecular complexity index is 538. The minimum atomic E-state index is 0.432. The molecule has 0 N–H and O–H groups in total. The Morgan fingerprint density at radius 1 is 0.889 bits per heavy atom. The zero-order valence-electron chi connectivity index (χ0n) is 9.93. The van der Waals surface area contributed by atoms with E-state index in [-0.39, 0.29) is 0 Å². The van der Waals surface area contributed by atoms with E-state index in [0.29, 0.717) is 13.0 Å². The van der Waals surface area contributed by atoms with E-state index < -0.39 is 0 Å². The third kappa shape index (κ3) is 2.75. The minimum Gasteiger partial charge on any atom is -0.312 e. The fourth-order valence-electron chi connectivity index (χ4n) is 1.80. The van der Waals surface area contributed by atoms with Crippen LogP contribution in [0.4, 0.5) is 0 Å². The molecule has 0 aliphatic rings. The maximum atomic E-state index is 8.61. The van der Waals surface area contributed by atoms with Crippen molar-refractivity contribution >= 4 is 0 Å². The van der Waals surface area contributed by atoms with Crippen molar-refractivity contribution in [3.63, 3.8) is 0 Å². The molecule has 2 aromatic rings. The summed E-state index contributed by atoms with van der Waals surface area (Å²) in [6.45, 7) is 7.25. The first-order valence-electron chi connectivity index (χ1n) is 5.72. The second kappa shape index (κ2) is 5.66. The van der Waals surface area contributed by atoms with E-state index in [1.54, 1.807) is 0 Å². The predicted molar refractivity (Wildman–Crippen MR) is 71.5 cm³/mol. The maximum Gasteiger partial charge on any atom is 0.239 e. The highest BCUT2D eigenvalue weighted by Crippen LogP contribution is 2.20. The van der Waals surface area contributed by atoms with Gasteiger partial charge in [-0.3, -0.25) is 0 Å². The van der Waals surface area contributed by atoms with Gasteiger partial charge >= 0.3 is 0 Å². The van der Waals surface area contributed by atoms with Crippen molar-refractivity contribution in [1.29, 1.82) is 5.26 Å². The molecule has 0 saturated heterocycles. The van der Waals surface area contributed by atoms with Gasteiger partial charge in [0, 0.05) is 5.56 Å². The topological polar surface area (TPSA) is 28.1 Å². The second-order valence-corrected chi connectivity index (χ2v) is 4.04. The van der Waals surface area contributed by atoms with Gasteiger partial charge in [0.25, 0.3) is 0 Å². The molecule has 0 fully saturated rings. The van der Waals surface area contributed by atoms with Gasteiger partial charge < -0.3 is 4.85 Å². The van der Waals surface area contributed by atoms with Crippen molar-refractivity contribution in [3.05, 3.63) is 71.1 Å². The third-order valence-electron chi connectivity index (χ3n) is 2.79. The van der Waals surface area contributed by atoms with Gasteiger partial charge in [0.1, 0.15) is 0 Å². The highest BCUT2D eigenvalue weighted by atomic mass is 14.6. The molecule has 0 aromatic heterocycles. The van der Waals surface area contributed by atoms with E-state index in [0.717, 1.165) is 22.3 Å². The van der Waals surface area contributed by atoms with Crippen LogP contribution in [0.3, 0.4) is 0 Å². The van der Waals surface area contributed by atoms with Gasteiger partial charge in [-0.25, -0.2) is 6.57 Å². The van der Waals surface area contributed by atoms with Crippen molar-refractivity contribution in [2.75, 3.05) is 0 Å². The molecule has 0 atom stereocenters. The largest absolute Gasteiger partial charge is 0.312 e. The first-order chi connectivity index (χ1) is 8.83. The van der Waals surface area contributed by atoms with Crippen LogP contribution >= 0.6 is 0 Å². The summed E-state index contributed by atoms with van der Waals surface area (Å²) in [4.78, 5) is 3.36. The summed E-state index contributed by atoms with van der Waals surface area (Å²) in [5, 5.41) is 8.61. The van der Waals surface area contributed by atoms with Crippen LogP contribution in [0.5, 0.6) is 0 Å². The molecule has 0 amide bonds. The van der Waals surface area contributed by atoms with Crippen LogP contribution in [0.2, 0.25) is 0 Å². The minimum absolute atomic E-state index is 0.432. The van der Waals surface area contributed by atoms with E-state index in [2.05, 4.69) is 10.9 Å². The molecule has 2 aromatic carbocycles. The lowest BCUT2D eigenvalue weighted by Gasteiger charge is -2.03. The molecule has 0 aliphatic carbocycles. The standard InChI is InChI=1S/C16H12N2/c1-18-12-14-4-8-16(9-5-14)15-6-2-13(3-7-15)10-11-17/h2-9H,10,12H2. The van der Waals surface area contributed by atoms with Gasteiger partial charge in [-0.05, 0) is 16.7 Å². The number of rotatable bonds is 3. The molecule has 18 heavy (non-hydrogen) atoms. The summed E-state index contributed by atoms with van der Waals surface area (Å²) in [7, 11) is 0. The summed E-state index contributed by atoms with van der Waals surface area (Å²) in [6, 6.07) is 18.2. The average Bonchev–Trinajstić information content (AvgIpc) is 2.41. The smallest absolute Gasteiger partial charge is 0.239 e. The molecular formula is C16H12N2. The number of hydrogen-bond acceptors (Lipinski definition) is 1. The fourth-order valence-corrected chi connectivity index (χ4v) is 1.80. The van der Waals surface area contributed by atoms with Gasteiger partial charge in [0.15, 0.2) is 0 Å². The lowest BCUT2D eigenvalue weighted by molar-refractivity contribution is 1.26. The van der Waals surface area contributed by atoms with E-state index in [1.165, 1.54) is 0 Å². The van der Waals surface area contributed by atoms with Crippen LogP contribution in [0.1, 0.15) is 11.1 Å². The molecule has 0 aliphatic heterocycles. The highest BCUT2D eigenvalue weighted by molar-refractivity contribution is 5.64. The first-order valence-corrected chi connectivity index (χ1v) is 5.72. The van der Waals surface area contributed by atoms with Crippen LogP contribution in [0.25, 0.3) is 16.0 Å². The average molecular weight is 232 g/mol. The van der Waals surface area contributed by atoms with Crippen LogP contribution in [0.15, 0.2) is 48.5 Å². The van der Waals surface area contributed by atoms with Gasteiger partial charge in [0.2, 0.25) is 6.54 Å². The Kier molecular flexibility index (Phi) is 3.74. The maximum absolute atomic E-state index is 8.61. The molecule has 0 heterocycles. The molecule has 0 unspecified atom stereocenters. The van der Waals surface area contributed by atoms with Gasteiger partial charge in [-0.1, -0.05) is 48.5 Å². The lowest BCUT2D eigenvalue weighted by Crippen LogP contribution is -1.84. The zero-order chi connectivity index (χ0) is 12.8. The van der Waals surface area contributed by atoms with Gasteiger partial charge in [0.05, 0.1) is 12.5 Å². The van der Waals surface area contributed by atoms with Crippen LogP contribution < -0.4 is 0 Å². The van der Waals surface area contributed by atoms with Crippen molar-refractivity contribution in [1.82, 2.24) is 0 Å². The molecule has 0 bridgehead atoms. The Hall–Kier alpha value is -2.58. The highest BCUT2D eigenvalue weighted by Gasteiger charge is 2.00. The van der Waals surface area contributed by atoms with Crippen molar-refractivity contribution in [2.24, 2.45) is 0 Å². The molecule has 0 saturated carbocycles. The monoisotopic (exact) mass is 232 g/mol. The summed E-state index contributed by atoms with van der Waals surface area (Å²) in [5.74, 6) is 0. The van der Waals surface area contributed by atoms with Crippen molar-refractivity contribution < 1.29 is 0 Å². The van der Waals surface area contributed by atoms with Crippen molar-refractivity contribution in [3.8, 4) is 17.2 Å². The quantitative estimate of drug-likeness (QED) is 0.739. The lowest BCUT2D eigenvalue weighted by atomic mass is 10.0. The molecule has 2 nitrogen and oxygen atoms in total. The number of hydrogen-bond donors (Lipinski definition) is 0. The zero-order valence-corrected chi connectivity index (χ0v) is 9.93. The molecule has 2 heteroatoms. The summed E-state index contributed by atoms with van der Waals surface area (Å²) in [5.41, 5.74) is 4.33. The normalized spacial score (nSPS) is 9.44. The Morgan fingerprint density at radius 2 is 1.39 bits per heavy atom. The summed E-state index contributed by atoms with van der Waals surface area (Å²) >= 11 is 0. The summed E-state index contributed by atoms with van der Waals surface area (Å²) < 4.78 is 0. The number of nitrogens with zero attached hydrogens (tertiary/aromatic N) is 2. The molecule has 0 radical (unpaired) electrons. The second-order valence-electron chi connectivity index (χ2n) is 4.04. The van der Waals surface area contributed by atoms with E-state index in [9.17, 15) is 0 Å². The Labute approximate surface area is 107 Å². The van der Waals surface area contributed by atoms with E-state index in [1.807, 2.05) is 48.5 Å². The molecule has 86 valence electrons. The van der Waals surface area contributed by atoms with Gasteiger partial charge in [-0.2, -0.15) is 5.26 Å². The van der Waals surface area contributed by atoms with Crippen molar-refractivity contribution in [2.45, 2.75) is 13.0 Å². The first kappa shape index (κ1) is 11.9. The van der Waals surface area contributed by atoms with Crippen LogP contribution in [0, 0.1) is 17.9 Å². The Balaban J connectivity index is 2.21. The molecule has 0 spiro atoms. The fraction of sp³-hybridized carbons (Fsp3) is 0.125. The van der Waals surface area contributed by atoms with Gasteiger partial charge in [-0.15, -0.1) is 0 Å². The number of benzene rings is 2. The van der Waals surface area contributed by atoms with E-state index >= 15 is 0 Å². The van der Waals surface area contributed by atoms with E-state index in [4.69, 9.17) is 11.8 Å². The SMILES string of the molecule is [C-]#[N+]Cc1ccc(-c2ccc(CC#N)cc2)cc1.